The SMILES string of the molecule is CC(C)(C)[C@](C)(NC(=O)C(c1ccc(-c2ccccc2)cc1)C(O)C(=O)NO)C(N)=O. The molecule has 2 aromatic carbocycles. The van der Waals surface area contributed by atoms with E-state index in [-0.39, 0.29) is 0 Å². The summed E-state index contributed by atoms with van der Waals surface area (Å²) in [6.07, 6.45) is -1.90. The molecule has 0 heterocycles. The van der Waals surface area contributed by atoms with E-state index in [9.17, 15) is 19.5 Å². The molecule has 0 fully saturated rings. The van der Waals surface area contributed by atoms with E-state index in [1.807, 2.05) is 30.3 Å². The molecule has 0 saturated carbocycles. The molecule has 2 unspecified atom stereocenters. The molecule has 8 heteroatoms. The molecule has 0 aliphatic rings. The van der Waals surface area contributed by atoms with Crippen LogP contribution in [0.5, 0.6) is 0 Å². The molecule has 2 aromatic rings. The van der Waals surface area contributed by atoms with Crippen molar-refractivity contribution in [1.29, 1.82) is 0 Å². The van der Waals surface area contributed by atoms with Crippen LogP contribution in [-0.4, -0.2) is 39.7 Å². The Morgan fingerprint density at radius 3 is 1.84 bits per heavy atom. The van der Waals surface area contributed by atoms with Gasteiger partial charge in [-0.15, -0.1) is 0 Å². The van der Waals surface area contributed by atoms with Gasteiger partial charge in [-0.05, 0) is 29.0 Å². The lowest BCUT2D eigenvalue weighted by Crippen LogP contribution is -2.64. The summed E-state index contributed by atoms with van der Waals surface area (Å²) in [7, 11) is 0. The number of hydroxylamine groups is 1. The average molecular weight is 428 g/mol. The monoisotopic (exact) mass is 427 g/mol. The van der Waals surface area contributed by atoms with Crippen LogP contribution in [-0.2, 0) is 14.4 Å². The number of aliphatic hydroxyl groups is 1. The van der Waals surface area contributed by atoms with E-state index < -0.39 is 40.7 Å². The molecule has 6 N–H and O–H groups in total. The molecule has 3 amide bonds. The molecule has 0 aliphatic heterocycles. The fraction of sp³-hybridized carbons (Fsp3) is 0.348. The third-order valence-electron chi connectivity index (χ3n) is 5.72. The Hall–Kier alpha value is -3.23. The minimum atomic E-state index is -1.90. The van der Waals surface area contributed by atoms with E-state index in [0.29, 0.717) is 5.56 Å². The molecule has 0 aliphatic carbocycles. The van der Waals surface area contributed by atoms with Gasteiger partial charge in [-0.1, -0.05) is 75.4 Å². The van der Waals surface area contributed by atoms with E-state index in [2.05, 4.69) is 5.32 Å². The first-order valence-corrected chi connectivity index (χ1v) is 9.81. The summed E-state index contributed by atoms with van der Waals surface area (Å²) in [6.45, 7) is 6.69. The highest BCUT2D eigenvalue weighted by molar-refractivity contribution is 5.96. The van der Waals surface area contributed by atoms with Crippen LogP contribution in [0.3, 0.4) is 0 Å². The van der Waals surface area contributed by atoms with Gasteiger partial charge in [-0.2, -0.15) is 0 Å². The van der Waals surface area contributed by atoms with Gasteiger partial charge in [0.05, 0.1) is 5.92 Å². The predicted octanol–water partition coefficient (Wildman–Crippen LogP) is 1.71. The Morgan fingerprint density at radius 2 is 1.39 bits per heavy atom. The number of hydrogen-bond acceptors (Lipinski definition) is 5. The second kappa shape index (κ2) is 9.28. The minimum Gasteiger partial charge on any atom is -0.382 e. The maximum atomic E-state index is 13.2. The van der Waals surface area contributed by atoms with Gasteiger partial charge in [0.1, 0.15) is 5.54 Å². The lowest BCUT2D eigenvalue weighted by molar-refractivity contribution is -0.145. The number of primary amides is 1. The topological polar surface area (TPSA) is 142 Å². The summed E-state index contributed by atoms with van der Waals surface area (Å²) in [4.78, 5) is 37.3. The molecule has 3 atom stereocenters. The average Bonchev–Trinajstić information content (AvgIpc) is 2.73. The number of nitrogens with one attached hydrogen (secondary N) is 2. The van der Waals surface area contributed by atoms with Crippen molar-refractivity contribution >= 4 is 17.7 Å². The summed E-state index contributed by atoms with van der Waals surface area (Å²) in [5.41, 5.74) is 6.87. The van der Waals surface area contributed by atoms with Crippen LogP contribution in [0.25, 0.3) is 11.1 Å². The number of hydrogen-bond donors (Lipinski definition) is 5. The molecule has 2 rings (SSSR count). The van der Waals surface area contributed by atoms with Crippen molar-refractivity contribution in [2.24, 2.45) is 11.1 Å². The number of carbonyl (C=O) groups excluding carboxylic acids is 3. The third-order valence-corrected chi connectivity index (χ3v) is 5.72. The van der Waals surface area contributed by atoms with Crippen molar-refractivity contribution in [3.63, 3.8) is 0 Å². The number of benzene rings is 2. The molecule has 8 nitrogen and oxygen atoms in total. The number of rotatable bonds is 7. The maximum absolute atomic E-state index is 13.2. The van der Waals surface area contributed by atoms with Crippen LogP contribution < -0.4 is 16.5 Å². The molecular weight excluding hydrogens is 398 g/mol. The van der Waals surface area contributed by atoms with Crippen molar-refractivity contribution < 1.29 is 24.7 Å². The Kier molecular flexibility index (Phi) is 7.20. The quantitative estimate of drug-likeness (QED) is 0.338. The van der Waals surface area contributed by atoms with E-state index in [0.717, 1.165) is 11.1 Å². The molecule has 31 heavy (non-hydrogen) atoms. The smallest absolute Gasteiger partial charge is 0.273 e. The predicted molar refractivity (Wildman–Crippen MR) is 116 cm³/mol. The maximum Gasteiger partial charge on any atom is 0.273 e. The highest BCUT2D eigenvalue weighted by atomic mass is 16.5. The van der Waals surface area contributed by atoms with Crippen LogP contribution in [0.4, 0.5) is 0 Å². The van der Waals surface area contributed by atoms with Crippen LogP contribution in [0.2, 0.25) is 0 Å². The highest BCUT2D eigenvalue weighted by Crippen LogP contribution is 2.32. The highest BCUT2D eigenvalue weighted by Gasteiger charge is 2.46. The number of amides is 3. The van der Waals surface area contributed by atoms with E-state index in [1.165, 1.54) is 12.4 Å². The Balaban J connectivity index is 2.45. The zero-order valence-corrected chi connectivity index (χ0v) is 18.0. The fourth-order valence-electron chi connectivity index (χ4n) is 3.15. The zero-order valence-electron chi connectivity index (χ0n) is 18.0. The molecule has 0 bridgehead atoms. The van der Waals surface area contributed by atoms with Crippen molar-refractivity contribution in [2.45, 2.75) is 45.3 Å². The fourth-order valence-corrected chi connectivity index (χ4v) is 3.15. The standard InChI is InChI=1S/C23H29N3O5/c1-22(2,3)23(4,21(24)30)25-19(28)17(18(27)20(29)26-31)16-12-10-15(11-13-16)14-8-6-5-7-9-14/h5-13,17-18,27,31H,1-4H3,(H2,24,30)(H,25,28)(H,26,29)/t17?,18?,23-/m1/s1. The van der Waals surface area contributed by atoms with Crippen LogP contribution in [0.15, 0.2) is 54.6 Å². The summed E-state index contributed by atoms with van der Waals surface area (Å²) in [6, 6.07) is 16.3. The molecule has 0 radical (unpaired) electrons. The largest absolute Gasteiger partial charge is 0.382 e. The lowest BCUT2D eigenvalue weighted by Gasteiger charge is -2.40. The summed E-state index contributed by atoms with van der Waals surface area (Å²) in [5, 5.41) is 22.0. The second-order valence-electron chi connectivity index (χ2n) is 8.62. The number of carbonyl (C=O) groups is 3. The van der Waals surface area contributed by atoms with Crippen LogP contribution in [0, 0.1) is 5.41 Å². The first-order chi connectivity index (χ1) is 14.4. The number of nitrogens with two attached hydrogens (primary N) is 1. The van der Waals surface area contributed by atoms with Gasteiger partial charge in [0.25, 0.3) is 5.91 Å². The van der Waals surface area contributed by atoms with E-state index in [4.69, 9.17) is 10.9 Å². The van der Waals surface area contributed by atoms with Gasteiger partial charge < -0.3 is 16.2 Å². The number of aliphatic hydroxyl groups excluding tert-OH is 1. The molecular formula is C23H29N3O5. The van der Waals surface area contributed by atoms with Gasteiger partial charge >= 0.3 is 0 Å². The van der Waals surface area contributed by atoms with Crippen molar-refractivity contribution in [1.82, 2.24) is 10.8 Å². The van der Waals surface area contributed by atoms with Crippen LogP contribution >= 0.6 is 0 Å². The Bertz CT molecular complexity index is 938. The third kappa shape index (κ3) is 5.10. The normalized spacial score (nSPS) is 15.3. The van der Waals surface area contributed by atoms with Gasteiger partial charge in [0, 0.05) is 0 Å². The first-order valence-electron chi connectivity index (χ1n) is 9.81. The van der Waals surface area contributed by atoms with Crippen LogP contribution in [0.1, 0.15) is 39.2 Å². The van der Waals surface area contributed by atoms with E-state index >= 15 is 0 Å². The summed E-state index contributed by atoms with van der Waals surface area (Å²) >= 11 is 0. The second-order valence-corrected chi connectivity index (χ2v) is 8.62. The molecule has 166 valence electrons. The Morgan fingerprint density at radius 1 is 0.871 bits per heavy atom. The zero-order chi connectivity index (χ0) is 23.4. The van der Waals surface area contributed by atoms with Crippen molar-refractivity contribution in [3.05, 3.63) is 60.2 Å². The minimum absolute atomic E-state index is 0.328. The molecule has 0 aromatic heterocycles. The Labute approximate surface area is 181 Å². The van der Waals surface area contributed by atoms with E-state index in [1.54, 1.807) is 45.0 Å². The van der Waals surface area contributed by atoms with Gasteiger partial charge in [-0.25, -0.2) is 5.48 Å². The first kappa shape index (κ1) is 24.0. The summed E-state index contributed by atoms with van der Waals surface area (Å²) in [5.74, 6) is -4.07. The van der Waals surface area contributed by atoms with Gasteiger partial charge in [0.2, 0.25) is 11.8 Å². The van der Waals surface area contributed by atoms with Crippen molar-refractivity contribution in [3.8, 4) is 11.1 Å². The van der Waals surface area contributed by atoms with Crippen molar-refractivity contribution in [2.75, 3.05) is 0 Å². The van der Waals surface area contributed by atoms with Gasteiger partial charge in [0.15, 0.2) is 6.10 Å². The molecule has 0 spiro atoms. The summed E-state index contributed by atoms with van der Waals surface area (Å²) < 4.78 is 0. The molecule has 0 saturated heterocycles. The lowest BCUT2D eigenvalue weighted by atomic mass is 9.73. The van der Waals surface area contributed by atoms with Gasteiger partial charge in [-0.3, -0.25) is 19.6 Å².